The summed E-state index contributed by atoms with van der Waals surface area (Å²) in [7, 11) is 0. The average Bonchev–Trinajstić information content (AvgIpc) is 2.67. The van der Waals surface area contributed by atoms with Crippen molar-refractivity contribution in [1.82, 2.24) is 9.88 Å². The molecular weight excluding hydrogens is 316 g/mol. The van der Waals surface area contributed by atoms with Gasteiger partial charge in [0.15, 0.2) is 0 Å². The molecule has 1 fully saturated rings. The van der Waals surface area contributed by atoms with Crippen LogP contribution in [0, 0.1) is 0 Å². The predicted molar refractivity (Wildman–Crippen MR) is 94.5 cm³/mol. The quantitative estimate of drug-likeness (QED) is 0.909. The molecule has 1 aliphatic rings. The van der Waals surface area contributed by atoms with Gasteiger partial charge in [0.05, 0.1) is 5.56 Å². The summed E-state index contributed by atoms with van der Waals surface area (Å²) >= 11 is 0. The highest BCUT2D eigenvalue weighted by Gasteiger charge is 2.25. The van der Waals surface area contributed by atoms with Crippen molar-refractivity contribution in [2.75, 3.05) is 13.1 Å². The molecule has 1 amide bonds. The van der Waals surface area contributed by atoms with Crippen molar-refractivity contribution in [3.63, 3.8) is 0 Å². The van der Waals surface area contributed by atoms with Crippen molar-refractivity contribution in [2.45, 2.75) is 31.6 Å². The van der Waals surface area contributed by atoms with Gasteiger partial charge in [0, 0.05) is 37.8 Å². The minimum Gasteiger partial charge on any atom is -0.478 e. The molecule has 2 heterocycles. The maximum absolute atomic E-state index is 12.5. The number of hydrogen-bond acceptors (Lipinski definition) is 3. The minimum absolute atomic E-state index is 0.163. The van der Waals surface area contributed by atoms with Crippen LogP contribution in [0.5, 0.6) is 0 Å². The van der Waals surface area contributed by atoms with Gasteiger partial charge in [0.2, 0.25) is 5.91 Å². The molecule has 25 heavy (non-hydrogen) atoms. The van der Waals surface area contributed by atoms with Crippen LogP contribution < -0.4 is 0 Å². The van der Waals surface area contributed by atoms with E-state index in [9.17, 15) is 9.59 Å². The van der Waals surface area contributed by atoms with E-state index in [-0.39, 0.29) is 11.8 Å². The highest BCUT2D eigenvalue weighted by molar-refractivity contribution is 5.87. The standard InChI is InChI=1S/C20H22N2O3/c23-19(7-6-15-8-10-21-11-9-15)22-12-2-5-18(14-22)16-3-1-4-17(13-16)20(24)25/h1,3-4,8-11,13,18H,2,5-7,12,14H2,(H,24,25). The van der Waals surface area contributed by atoms with Gasteiger partial charge < -0.3 is 10.0 Å². The first kappa shape index (κ1) is 17.1. The molecule has 1 atom stereocenters. The number of hydrogen-bond donors (Lipinski definition) is 1. The Morgan fingerprint density at radius 1 is 1.20 bits per heavy atom. The van der Waals surface area contributed by atoms with Crippen LogP contribution in [-0.4, -0.2) is 40.0 Å². The summed E-state index contributed by atoms with van der Waals surface area (Å²) in [6.45, 7) is 1.45. The predicted octanol–water partition coefficient (Wildman–Crippen LogP) is 3.12. The largest absolute Gasteiger partial charge is 0.478 e. The van der Waals surface area contributed by atoms with E-state index in [4.69, 9.17) is 5.11 Å². The zero-order valence-corrected chi connectivity index (χ0v) is 14.1. The van der Waals surface area contributed by atoms with Crippen molar-refractivity contribution >= 4 is 11.9 Å². The van der Waals surface area contributed by atoms with Crippen LogP contribution in [0.3, 0.4) is 0 Å². The van der Waals surface area contributed by atoms with E-state index in [1.807, 2.05) is 23.1 Å². The van der Waals surface area contributed by atoms with Gasteiger partial charge in [0.25, 0.3) is 0 Å². The molecule has 5 nitrogen and oxygen atoms in total. The minimum atomic E-state index is -0.914. The summed E-state index contributed by atoms with van der Waals surface area (Å²) in [4.78, 5) is 29.6. The van der Waals surface area contributed by atoms with Crippen molar-refractivity contribution in [3.05, 3.63) is 65.5 Å². The van der Waals surface area contributed by atoms with Gasteiger partial charge in [-0.05, 0) is 54.7 Å². The van der Waals surface area contributed by atoms with Crippen LogP contribution >= 0.6 is 0 Å². The molecule has 0 spiro atoms. The van der Waals surface area contributed by atoms with Crippen molar-refractivity contribution in [1.29, 1.82) is 0 Å². The molecule has 1 unspecified atom stereocenters. The Kier molecular flexibility index (Phi) is 5.43. The molecule has 5 heteroatoms. The van der Waals surface area contributed by atoms with E-state index >= 15 is 0 Å². The topological polar surface area (TPSA) is 70.5 Å². The number of benzene rings is 1. The van der Waals surface area contributed by atoms with Crippen LogP contribution in [0.1, 0.15) is 46.7 Å². The molecule has 0 aliphatic carbocycles. The van der Waals surface area contributed by atoms with Crippen LogP contribution in [0.4, 0.5) is 0 Å². The Bertz CT molecular complexity index is 746. The molecule has 0 saturated carbocycles. The third kappa shape index (κ3) is 4.44. The molecule has 2 aromatic rings. The highest BCUT2D eigenvalue weighted by atomic mass is 16.4. The Hall–Kier alpha value is -2.69. The Morgan fingerprint density at radius 2 is 2.00 bits per heavy atom. The summed E-state index contributed by atoms with van der Waals surface area (Å²) in [5.74, 6) is -0.545. The SMILES string of the molecule is O=C(O)c1cccc(C2CCCN(C(=O)CCc3ccncc3)C2)c1. The second-order valence-corrected chi connectivity index (χ2v) is 6.46. The zero-order chi connectivity index (χ0) is 17.6. The number of aromatic carboxylic acids is 1. The number of carboxylic acid groups (broad SMARTS) is 1. The normalized spacial score (nSPS) is 17.3. The first-order valence-electron chi connectivity index (χ1n) is 8.63. The summed E-state index contributed by atoms with van der Waals surface area (Å²) in [5, 5.41) is 9.16. The molecular formula is C20H22N2O3. The smallest absolute Gasteiger partial charge is 0.335 e. The highest BCUT2D eigenvalue weighted by Crippen LogP contribution is 2.28. The third-order valence-corrected chi connectivity index (χ3v) is 4.76. The first-order valence-corrected chi connectivity index (χ1v) is 8.63. The van der Waals surface area contributed by atoms with Gasteiger partial charge in [0.1, 0.15) is 0 Å². The lowest BCUT2D eigenvalue weighted by Crippen LogP contribution is -2.39. The number of rotatable bonds is 5. The monoisotopic (exact) mass is 338 g/mol. The number of aryl methyl sites for hydroxylation is 1. The molecule has 1 saturated heterocycles. The molecule has 3 rings (SSSR count). The Balaban J connectivity index is 1.61. The van der Waals surface area contributed by atoms with Crippen molar-refractivity contribution < 1.29 is 14.7 Å². The molecule has 130 valence electrons. The van der Waals surface area contributed by atoms with Crippen molar-refractivity contribution in [3.8, 4) is 0 Å². The zero-order valence-electron chi connectivity index (χ0n) is 14.1. The van der Waals surface area contributed by atoms with E-state index in [1.165, 1.54) is 0 Å². The summed E-state index contributed by atoms with van der Waals surface area (Å²) in [5.41, 5.74) is 2.43. The van der Waals surface area contributed by atoms with Crippen LogP contribution in [-0.2, 0) is 11.2 Å². The van der Waals surface area contributed by atoms with E-state index in [0.717, 1.165) is 36.9 Å². The number of carboxylic acids is 1. The third-order valence-electron chi connectivity index (χ3n) is 4.76. The molecule has 1 aromatic carbocycles. The number of likely N-dealkylation sites (tertiary alicyclic amines) is 1. The lowest BCUT2D eigenvalue weighted by Gasteiger charge is -2.33. The first-order chi connectivity index (χ1) is 12.1. The fraction of sp³-hybridized carbons (Fsp3) is 0.350. The number of amides is 1. The van der Waals surface area contributed by atoms with Crippen LogP contribution in [0.2, 0.25) is 0 Å². The average molecular weight is 338 g/mol. The number of pyridine rings is 1. The molecule has 0 bridgehead atoms. The van der Waals surface area contributed by atoms with Crippen LogP contribution in [0.15, 0.2) is 48.8 Å². The molecule has 1 aliphatic heterocycles. The van der Waals surface area contributed by atoms with Gasteiger partial charge in [-0.2, -0.15) is 0 Å². The maximum Gasteiger partial charge on any atom is 0.335 e. The van der Waals surface area contributed by atoms with Gasteiger partial charge in [-0.15, -0.1) is 0 Å². The number of carbonyl (C=O) groups excluding carboxylic acids is 1. The van der Waals surface area contributed by atoms with Crippen LogP contribution in [0.25, 0.3) is 0 Å². The number of aromatic nitrogens is 1. The number of carbonyl (C=O) groups is 2. The number of nitrogens with zero attached hydrogens (tertiary/aromatic N) is 2. The van der Waals surface area contributed by atoms with E-state index < -0.39 is 5.97 Å². The Morgan fingerprint density at radius 3 is 2.76 bits per heavy atom. The molecule has 1 N–H and O–H groups in total. The molecule has 1 aromatic heterocycles. The van der Waals surface area contributed by atoms with Gasteiger partial charge >= 0.3 is 5.97 Å². The van der Waals surface area contributed by atoms with E-state index in [1.54, 1.807) is 30.6 Å². The number of piperidine rings is 1. The van der Waals surface area contributed by atoms with Crippen molar-refractivity contribution in [2.24, 2.45) is 0 Å². The lowest BCUT2D eigenvalue weighted by molar-refractivity contribution is -0.132. The summed E-state index contributed by atoms with van der Waals surface area (Å²) < 4.78 is 0. The van der Waals surface area contributed by atoms with Gasteiger partial charge in [-0.25, -0.2) is 4.79 Å². The lowest BCUT2D eigenvalue weighted by atomic mass is 9.89. The Labute approximate surface area is 147 Å². The summed E-state index contributed by atoms with van der Waals surface area (Å²) in [6, 6.07) is 10.9. The van der Waals surface area contributed by atoms with Gasteiger partial charge in [-0.3, -0.25) is 9.78 Å². The fourth-order valence-corrected chi connectivity index (χ4v) is 3.36. The molecule has 0 radical (unpaired) electrons. The fourth-order valence-electron chi connectivity index (χ4n) is 3.36. The van der Waals surface area contributed by atoms with E-state index in [0.29, 0.717) is 18.5 Å². The second kappa shape index (κ2) is 7.92. The maximum atomic E-state index is 12.5. The van der Waals surface area contributed by atoms with Gasteiger partial charge in [-0.1, -0.05) is 12.1 Å². The van der Waals surface area contributed by atoms with E-state index in [2.05, 4.69) is 4.98 Å². The summed E-state index contributed by atoms with van der Waals surface area (Å²) in [6.07, 6.45) is 6.63. The second-order valence-electron chi connectivity index (χ2n) is 6.46.